The summed E-state index contributed by atoms with van der Waals surface area (Å²) < 4.78 is 47.6. The van der Waals surface area contributed by atoms with E-state index in [1.54, 1.807) is 0 Å². The molecule has 3 aromatic rings. The van der Waals surface area contributed by atoms with E-state index in [2.05, 4.69) is 4.98 Å². The standard InChI is InChI=1S/C23H20ClF3N4O3/c24-20-19(22(33)29-2-3-30(18(32)10-29)16-6-13-5-14(13)7-16)28-21-17(23(25,26)27)8-15(9-31(20)21)12-1-4-34-11-12/h1,4,8-9,11,13-14,16H,2-3,5-7,10H2. The lowest BCUT2D eigenvalue weighted by molar-refractivity contribution is -0.138. The molecule has 6 rings (SSSR count). The number of carbonyl (C=O) groups is 2. The van der Waals surface area contributed by atoms with Gasteiger partial charge >= 0.3 is 6.18 Å². The van der Waals surface area contributed by atoms with Gasteiger partial charge in [-0.25, -0.2) is 4.98 Å². The molecule has 3 aliphatic rings. The van der Waals surface area contributed by atoms with Crippen molar-refractivity contribution < 1.29 is 27.2 Å². The quantitative estimate of drug-likeness (QED) is 0.545. The van der Waals surface area contributed by atoms with Crippen LogP contribution in [0, 0.1) is 11.8 Å². The van der Waals surface area contributed by atoms with Gasteiger partial charge in [0.05, 0.1) is 18.1 Å². The number of halogens is 4. The summed E-state index contributed by atoms with van der Waals surface area (Å²) in [6, 6.07) is 2.70. The number of piperazine rings is 1. The highest BCUT2D eigenvalue weighted by Gasteiger charge is 2.49. The number of aromatic nitrogens is 2. The Balaban J connectivity index is 1.31. The van der Waals surface area contributed by atoms with Crippen LogP contribution in [-0.4, -0.2) is 56.7 Å². The Bertz CT molecular complexity index is 1290. The minimum absolute atomic E-state index is 0.138. The van der Waals surface area contributed by atoms with E-state index >= 15 is 0 Å². The Morgan fingerprint density at radius 1 is 1.15 bits per heavy atom. The van der Waals surface area contributed by atoms with Crippen molar-refractivity contribution in [3.05, 3.63) is 47.3 Å². The van der Waals surface area contributed by atoms with Gasteiger partial charge in [-0.3, -0.25) is 14.0 Å². The largest absolute Gasteiger partial charge is 0.472 e. The van der Waals surface area contributed by atoms with Crippen LogP contribution in [0.2, 0.25) is 5.15 Å². The van der Waals surface area contributed by atoms with Crippen LogP contribution in [0.4, 0.5) is 13.2 Å². The predicted molar refractivity (Wildman–Crippen MR) is 115 cm³/mol. The van der Waals surface area contributed by atoms with Crippen molar-refractivity contribution in [3.63, 3.8) is 0 Å². The summed E-state index contributed by atoms with van der Waals surface area (Å²) in [5, 5.41) is -0.235. The molecule has 2 saturated carbocycles. The molecule has 0 aromatic carbocycles. The third-order valence-electron chi connectivity index (χ3n) is 7.23. The fraction of sp³-hybridized carbons (Fsp3) is 0.435. The minimum atomic E-state index is -4.72. The number of rotatable bonds is 3. The smallest absolute Gasteiger partial charge is 0.420 e. The minimum Gasteiger partial charge on any atom is -0.472 e. The average Bonchev–Trinajstić information content (AvgIpc) is 3.19. The van der Waals surface area contributed by atoms with Gasteiger partial charge in [0, 0.05) is 36.5 Å². The van der Waals surface area contributed by atoms with E-state index < -0.39 is 23.3 Å². The molecule has 7 nitrogen and oxygen atoms in total. The summed E-state index contributed by atoms with van der Waals surface area (Å²) in [4.78, 5) is 33.1. The van der Waals surface area contributed by atoms with Crippen LogP contribution in [0.15, 0.2) is 35.3 Å². The molecule has 1 aliphatic heterocycles. The molecule has 178 valence electrons. The van der Waals surface area contributed by atoms with Gasteiger partial charge in [0.1, 0.15) is 11.7 Å². The van der Waals surface area contributed by atoms with Gasteiger partial charge in [-0.1, -0.05) is 11.6 Å². The molecule has 1 saturated heterocycles. The van der Waals surface area contributed by atoms with Crippen LogP contribution in [0.1, 0.15) is 35.3 Å². The third kappa shape index (κ3) is 3.46. The first-order valence-electron chi connectivity index (χ1n) is 11.1. The molecule has 4 heterocycles. The third-order valence-corrected chi connectivity index (χ3v) is 7.59. The van der Waals surface area contributed by atoms with Gasteiger partial charge < -0.3 is 14.2 Å². The zero-order chi connectivity index (χ0) is 23.8. The number of pyridine rings is 1. The molecule has 0 N–H and O–H groups in total. The maximum atomic E-state index is 13.8. The first kappa shape index (κ1) is 21.5. The van der Waals surface area contributed by atoms with E-state index in [9.17, 15) is 22.8 Å². The van der Waals surface area contributed by atoms with Crippen LogP contribution in [-0.2, 0) is 11.0 Å². The first-order chi connectivity index (χ1) is 16.2. The van der Waals surface area contributed by atoms with Crippen LogP contribution >= 0.6 is 11.6 Å². The van der Waals surface area contributed by atoms with Crippen molar-refractivity contribution in [3.8, 4) is 11.1 Å². The molecule has 0 spiro atoms. The van der Waals surface area contributed by atoms with E-state index in [0.29, 0.717) is 12.1 Å². The topological polar surface area (TPSA) is 71.1 Å². The molecule has 0 bridgehead atoms. The molecule has 2 unspecified atom stereocenters. The summed E-state index contributed by atoms with van der Waals surface area (Å²) in [6.45, 7) is 0.548. The van der Waals surface area contributed by atoms with Gasteiger partial charge in [-0.2, -0.15) is 13.2 Å². The summed E-state index contributed by atoms with van der Waals surface area (Å²) in [7, 11) is 0. The highest BCUT2D eigenvalue weighted by Crippen LogP contribution is 2.53. The van der Waals surface area contributed by atoms with Crippen molar-refractivity contribution in [1.82, 2.24) is 19.2 Å². The van der Waals surface area contributed by atoms with Gasteiger partial charge in [-0.05, 0) is 43.2 Å². The van der Waals surface area contributed by atoms with Gasteiger partial charge in [0.15, 0.2) is 11.3 Å². The van der Waals surface area contributed by atoms with Crippen molar-refractivity contribution in [2.24, 2.45) is 11.8 Å². The maximum Gasteiger partial charge on any atom is 0.420 e. The number of hydrogen-bond acceptors (Lipinski definition) is 4. The van der Waals surface area contributed by atoms with Crippen LogP contribution in [0.3, 0.4) is 0 Å². The Hall–Kier alpha value is -3.01. The van der Waals surface area contributed by atoms with E-state index in [-0.39, 0.29) is 41.4 Å². The van der Waals surface area contributed by atoms with E-state index in [1.165, 1.54) is 36.1 Å². The molecule has 0 radical (unpaired) electrons. The fourth-order valence-corrected chi connectivity index (χ4v) is 5.63. The lowest BCUT2D eigenvalue weighted by atomic mass is 10.1. The number of carbonyl (C=O) groups excluding carboxylic acids is 2. The number of hydrogen-bond donors (Lipinski definition) is 0. The molecule has 3 fully saturated rings. The van der Waals surface area contributed by atoms with Crippen molar-refractivity contribution >= 4 is 29.1 Å². The second kappa shape index (κ2) is 7.49. The summed E-state index contributed by atoms with van der Waals surface area (Å²) in [5.41, 5.74) is -1.16. The molecule has 2 atom stereocenters. The molecule has 34 heavy (non-hydrogen) atoms. The Kier molecular flexibility index (Phi) is 4.74. The second-order valence-electron chi connectivity index (χ2n) is 9.29. The van der Waals surface area contributed by atoms with Crippen LogP contribution in [0.25, 0.3) is 16.8 Å². The van der Waals surface area contributed by atoms with Crippen molar-refractivity contribution in [2.45, 2.75) is 31.5 Å². The van der Waals surface area contributed by atoms with Gasteiger partial charge in [0.25, 0.3) is 5.91 Å². The molecular weight excluding hydrogens is 473 g/mol. The van der Waals surface area contributed by atoms with Crippen LogP contribution in [0.5, 0.6) is 0 Å². The Morgan fingerprint density at radius 2 is 1.91 bits per heavy atom. The second-order valence-corrected chi connectivity index (χ2v) is 9.65. The lowest BCUT2D eigenvalue weighted by Gasteiger charge is -2.38. The monoisotopic (exact) mass is 492 g/mol. The predicted octanol–water partition coefficient (Wildman–Crippen LogP) is 4.35. The van der Waals surface area contributed by atoms with Gasteiger partial charge in [-0.15, -0.1) is 0 Å². The SMILES string of the molecule is O=C(c1nc2c(C(F)(F)F)cc(-c3ccoc3)cn2c1Cl)N1CCN(C2CC3CC3C2)C(=O)C1. The fourth-order valence-electron chi connectivity index (χ4n) is 5.38. The summed E-state index contributed by atoms with van der Waals surface area (Å²) in [6.07, 6.45) is 2.61. The van der Waals surface area contributed by atoms with Crippen LogP contribution < -0.4 is 0 Å². The Morgan fingerprint density at radius 3 is 2.56 bits per heavy atom. The number of furan rings is 1. The number of amides is 2. The number of fused-ring (bicyclic) bond motifs is 2. The highest BCUT2D eigenvalue weighted by molar-refractivity contribution is 6.33. The number of alkyl halides is 3. The zero-order valence-electron chi connectivity index (χ0n) is 17.9. The number of nitrogens with zero attached hydrogens (tertiary/aromatic N) is 4. The van der Waals surface area contributed by atoms with Gasteiger partial charge in [0.2, 0.25) is 5.91 Å². The lowest BCUT2D eigenvalue weighted by Crippen LogP contribution is -2.55. The molecule has 2 aliphatic carbocycles. The van der Waals surface area contributed by atoms with E-state index in [4.69, 9.17) is 16.0 Å². The maximum absolute atomic E-state index is 13.8. The Labute approximate surface area is 197 Å². The number of imidazole rings is 1. The molecule has 11 heteroatoms. The summed E-state index contributed by atoms with van der Waals surface area (Å²) in [5.74, 6) is 0.644. The molecular formula is C23H20ClF3N4O3. The summed E-state index contributed by atoms with van der Waals surface area (Å²) >= 11 is 6.38. The first-order valence-corrected chi connectivity index (χ1v) is 11.5. The van der Waals surface area contributed by atoms with E-state index in [1.807, 2.05) is 4.90 Å². The highest BCUT2D eigenvalue weighted by atomic mass is 35.5. The van der Waals surface area contributed by atoms with Crippen molar-refractivity contribution in [2.75, 3.05) is 19.6 Å². The molecule has 3 aromatic heterocycles. The van der Waals surface area contributed by atoms with E-state index in [0.717, 1.165) is 35.1 Å². The normalized spacial score (nSPS) is 24.7. The zero-order valence-corrected chi connectivity index (χ0v) is 18.6. The average molecular weight is 493 g/mol. The molecule has 2 amide bonds. The van der Waals surface area contributed by atoms with Crippen molar-refractivity contribution in [1.29, 1.82) is 0 Å².